The smallest absolute Gasteiger partial charge is 0.243 e. The largest absolute Gasteiger partial charge is 0.486 e. The summed E-state index contributed by atoms with van der Waals surface area (Å²) in [5, 5.41) is 3.06. The monoisotopic (exact) mass is 485 g/mol. The van der Waals surface area contributed by atoms with Gasteiger partial charge < -0.3 is 19.7 Å². The van der Waals surface area contributed by atoms with Crippen LogP contribution in [0, 0.1) is 5.92 Å². The van der Waals surface area contributed by atoms with Crippen molar-refractivity contribution in [2.45, 2.75) is 37.1 Å². The summed E-state index contributed by atoms with van der Waals surface area (Å²) in [4.78, 5) is 15.2. The number of amides is 1. The van der Waals surface area contributed by atoms with Gasteiger partial charge in [-0.25, -0.2) is 8.42 Å². The molecule has 0 aliphatic carbocycles. The van der Waals surface area contributed by atoms with Crippen LogP contribution in [-0.4, -0.2) is 58.5 Å². The van der Waals surface area contributed by atoms with Crippen molar-refractivity contribution in [1.82, 2.24) is 9.62 Å². The van der Waals surface area contributed by atoms with Crippen molar-refractivity contribution in [1.29, 1.82) is 0 Å². The topological polar surface area (TPSA) is 88.2 Å². The minimum Gasteiger partial charge on any atom is -0.486 e. The predicted octanol–water partition coefficient (Wildman–Crippen LogP) is 2.56. The molecule has 1 saturated heterocycles. The number of rotatable bonds is 5. The fourth-order valence-corrected chi connectivity index (χ4v) is 6.46. The average Bonchev–Trinajstić information content (AvgIpc) is 2.87. The second-order valence-electron chi connectivity index (χ2n) is 9.19. The lowest BCUT2D eigenvalue weighted by Gasteiger charge is -2.31. The number of hydrogen-bond donors (Lipinski definition) is 1. The molecule has 1 fully saturated rings. The number of nitrogens with zero attached hydrogens (tertiary/aromatic N) is 2. The van der Waals surface area contributed by atoms with Crippen molar-refractivity contribution < 1.29 is 22.7 Å². The van der Waals surface area contributed by atoms with Crippen molar-refractivity contribution >= 4 is 21.6 Å². The van der Waals surface area contributed by atoms with Crippen molar-refractivity contribution in [3.8, 4) is 11.5 Å². The SMILES string of the molecule is CN1CCCc2cc(CNC(=O)C3CCN(S(=O)(=O)c4ccc5c(c4)OCCO5)CC3)ccc21. The Morgan fingerprint density at radius 2 is 1.79 bits per heavy atom. The maximum atomic E-state index is 13.1. The molecule has 0 atom stereocenters. The molecular formula is C25H31N3O5S. The Morgan fingerprint density at radius 1 is 1.03 bits per heavy atom. The van der Waals surface area contributed by atoms with Gasteiger partial charge in [-0.05, 0) is 55.0 Å². The number of anilines is 1. The van der Waals surface area contributed by atoms with Crippen LogP contribution >= 0.6 is 0 Å². The number of carbonyl (C=O) groups is 1. The van der Waals surface area contributed by atoms with Crippen molar-refractivity contribution in [3.05, 3.63) is 47.5 Å². The minimum absolute atomic E-state index is 0.00813. The Balaban J connectivity index is 1.16. The molecule has 0 bridgehead atoms. The number of piperidine rings is 1. The highest BCUT2D eigenvalue weighted by molar-refractivity contribution is 7.89. The lowest BCUT2D eigenvalue weighted by atomic mass is 9.96. The predicted molar refractivity (Wildman–Crippen MR) is 129 cm³/mol. The standard InChI is InChI=1S/C25H31N3O5S/c1-27-10-2-3-20-15-18(4-6-22(20)27)17-26-25(29)19-8-11-28(12-9-19)34(30,31)21-5-7-23-24(16-21)33-14-13-32-23/h4-7,15-16,19H,2-3,8-14,17H2,1H3,(H,26,29). The average molecular weight is 486 g/mol. The van der Waals surface area contributed by atoms with Crippen LogP contribution in [0.1, 0.15) is 30.4 Å². The van der Waals surface area contributed by atoms with Gasteiger partial charge in [0.1, 0.15) is 13.2 Å². The lowest BCUT2D eigenvalue weighted by molar-refractivity contribution is -0.126. The van der Waals surface area contributed by atoms with Gasteiger partial charge in [0, 0.05) is 50.9 Å². The highest BCUT2D eigenvalue weighted by Crippen LogP contribution is 2.34. The van der Waals surface area contributed by atoms with E-state index in [-0.39, 0.29) is 16.7 Å². The normalized spacial score (nSPS) is 18.9. The van der Waals surface area contributed by atoms with Crippen molar-refractivity contribution in [2.24, 2.45) is 5.92 Å². The molecule has 1 N–H and O–H groups in total. The van der Waals surface area contributed by atoms with Crippen LogP contribution in [0.25, 0.3) is 0 Å². The van der Waals surface area contributed by atoms with Crippen molar-refractivity contribution in [3.63, 3.8) is 0 Å². The van der Waals surface area contributed by atoms with E-state index in [2.05, 4.69) is 35.5 Å². The molecule has 8 nitrogen and oxygen atoms in total. The third-order valence-corrected chi connectivity index (χ3v) is 8.83. The van der Waals surface area contributed by atoms with Gasteiger partial charge in [-0.2, -0.15) is 4.31 Å². The van der Waals surface area contributed by atoms with E-state index in [9.17, 15) is 13.2 Å². The van der Waals surface area contributed by atoms with E-state index in [1.54, 1.807) is 12.1 Å². The zero-order valence-electron chi connectivity index (χ0n) is 19.5. The van der Waals surface area contributed by atoms with E-state index in [4.69, 9.17) is 9.47 Å². The van der Waals surface area contributed by atoms with Gasteiger partial charge in [-0.1, -0.05) is 12.1 Å². The van der Waals surface area contributed by atoms with Crippen LogP contribution in [-0.2, 0) is 27.8 Å². The lowest BCUT2D eigenvalue weighted by Crippen LogP contribution is -2.42. The minimum atomic E-state index is -3.65. The molecule has 0 spiro atoms. The maximum Gasteiger partial charge on any atom is 0.243 e. The Bertz CT molecular complexity index is 1180. The first-order chi connectivity index (χ1) is 16.4. The molecule has 3 heterocycles. The van der Waals surface area contributed by atoms with Crippen LogP contribution < -0.4 is 19.7 Å². The van der Waals surface area contributed by atoms with Crippen LogP contribution in [0.5, 0.6) is 11.5 Å². The number of benzene rings is 2. The number of ether oxygens (including phenoxy) is 2. The van der Waals surface area contributed by atoms with E-state index in [0.29, 0.717) is 57.2 Å². The summed E-state index contributed by atoms with van der Waals surface area (Å²) in [6.07, 6.45) is 3.22. The quantitative estimate of drug-likeness (QED) is 0.700. The van der Waals surface area contributed by atoms with Gasteiger partial charge in [0.05, 0.1) is 4.90 Å². The molecule has 0 saturated carbocycles. The third-order valence-electron chi connectivity index (χ3n) is 6.94. The van der Waals surface area contributed by atoms with Crippen LogP contribution in [0.2, 0.25) is 0 Å². The second kappa shape index (κ2) is 9.46. The van der Waals surface area contributed by atoms with Crippen LogP contribution in [0.4, 0.5) is 5.69 Å². The molecule has 9 heteroatoms. The fourth-order valence-electron chi connectivity index (χ4n) is 4.97. The number of carbonyl (C=O) groups excluding carboxylic acids is 1. The summed E-state index contributed by atoms with van der Waals surface area (Å²) in [5.41, 5.74) is 3.70. The second-order valence-corrected chi connectivity index (χ2v) is 11.1. The molecule has 2 aromatic rings. The molecule has 0 aromatic heterocycles. The molecule has 3 aliphatic rings. The van der Waals surface area contributed by atoms with Gasteiger partial charge in [0.25, 0.3) is 0 Å². The summed E-state index contributed by atoms with van der Waals surface area (Å²) >= 11 is 0. The van der Waals surface area contributed by atoms with E-state index >= 15 is 0 Å². The molecule has 3 aliphatic heterocycles. The maximum absolute atomic E-state index is 13.1. The van der Waals surface area contributed by atoms with Gasteiger partial charge in [0.2, 0.25) is 15.9 Å². The number of nitrogens with one attached hydrogen (secondary N) is 1. The van der Waals surface area contributed by atoms with Crippen molar-refractivity contribution in [2.75, 3.05) is 44.8 Å². The first-order valence-corrected chi connectivity index (χ1v) is 13.4. The van der Waals surface area contributed by atoms with E-state index < -0.39 is 10.0 Å². The molecular weight excluding hydrogens is 454 g/mol. The Hall–Kier alpha value is -2.78. The number of sulfonamides is 1. The zero-order valence-corrected chi connectivity index (χ0v) is 20.3. The summed E-state index contributed by atoms with van der Waals surface area (Å²) in [7, 11) is -1.54. The molecule has 34 heavy (non-hydrogen) atoms. The third kappa shape index (κ3) is 4.59. The molecule has 2 aromatic carbocycles. The number of aryl methyl sites for hydroxylation is 1. The summed E-state index contributed by atoms with van der Waals surface area (Å²) in [5.74, 6) is 0.823. The van der Waals surface area contributed by atoms with Gasteiger partial charge in [0.15, 0.2) is 11.5 Å². The molecule has 1 amide bonds. The summed E-state index contributed by atoms with van der Waals surface area (Å²) < 4.78 is 38.7. The van der Waals surface area contributed by atoms with Gasteiger partial charge >= 0.3 is 0 Å². The molecule has 5 rings (SSSR count). The highest BCUT2D eigenvalue weighted by atomic mass is 32.2. The zero-order chi connectivity index (χ0) is 23.7. The highest BCUT2D eigenvalue weighted by Gasteiger charge is 2.33. The van der Waals surface area contributed by atoms with E-state index in [1.807, 2.05) is 0 Å². The van der Waals surface area contributed by atoms with Crippen LogP contribution in [0.3, 0.4) is 0 Å². The Kier molecular flexibility index (Phi) is 6.40. The fraction of sp³-hybridized carbons (Fsp3) is 0.480. The summed E-state index contributed by atoms with van der Waals surface area (Å²) in [6.45, 7) is 3.07. The number of fused-ring (bicyclic) bond motifs is 2. The van der Waals surface area contributed by atoms with E-state index in [0.717, 1.165) is 24.9 Å². The summed E-state index contributed by atoms with van der Waals surface area (Å²) in [6, 6.07) is 11.1. The Morgan fingerprint density at radius 3 is 2.59 bits per heavy atom. The Labute approximate surface area is 200 Å². The van der Waals surface area contributed by atoms with Gasteiger partial charge in [-0.3, -0.25) is 4.79 Å². The first-order valence-electron chi connectivity index (χ1n) is 11.9. The molecule has 0 unspecified atom stereocenters. The number of hydrogen-bond acceptors (Lipinski definition) is 6. The van der Waals surface area contributed by atoms with E-state index in [1.165, 1.54) is 21.6 Å². The molecule has 0 radical (unpaired) electrons. The van der Waals surface area contributed by atoms with Crippen LogP contribution in [0.15, 0.2) is 41.3 Å². The first kappa shape index (κ1) is 23.0. The molecule has 182 valence electrons. The van der Waals surface area contributed by atoms with Gasteiger partial charge in [-0.15, -0.1) is 0 Å².